The topological polar surface area (TPSA) is 152 Å². The highest BCUT2D eigenvalue weighted by molar-refractivity contribution is 6.25. The molecule has 2 fully saturated rings. The third kappa shape index (κ3) is 3.67. The first kappa shape index (κ1) is 21.3. The number of aryl methyl sites for hydroxylation is 1. The summed E-state index contributed by atoms with van der Waals surface area (Å²) in [7, 11) is 0. The second kappa shape index (κ2) is 8.07. The zero-order valence-electron chi connectivity index (χ0n) is 18.0. The van der Waals surface area contributed by atoms with Gasteiger partial charge in [0.05, 0.1) is 22.9 Å². The van der Waals surface area contributed by atoms with Crippen LogP contribution >= 0.6 is 0 Å². The lowest BCUT2D eigenvalue weighted by atomic mass is 10.0. The molecule has 0 bridgehead atoms. The monoisotopic (exact) mass is 451 g/mol. The summed E-state index contributed by atoms with van der Waals surface area (Å²) in [5, 5.41) is 14.2. The fraction of sp³-hybridized carbons (Fsp3) is 0.455. The minimum Gasteiger partial charge on any atom is -0.373 e. The number of nitrogens with zero attached hydrogens (tertiary/aromatic N) is 4. The summed E-state index contributed by atoms with van der Waals surface area (Å²) in [6.45, 7) is 1.36. The van der Waals surface area contributed by atoms with Crippen LogP contribution < -0.4 is 16.4 Å². The zero-order chi connectivity index (χ0) is 23.2. The third-order valence-electron chi connectivity index (χ3n) is 6.46. The van der Waals surface area contributed by atoms with E-state index >= 15 is 0 Å². The van der Waals surface area contributed by atoms with E-state index in [-0.39, 0.29) is 24.0 Å². The van der Waals surface area contributed by atoms with Crippen molar-refractivity contribution in [2.75, 3.05) is 11.9 Å². The lowest BCUT2D eigenvalue weighted by molar-refractivity contribution is -0.136. The van der Waals surface area contributed by atoms with Gasteiger partial charge in [0.25, 0.3) is 11.8 Å². The molecule has 2 aliphatic heterocycles. The number of anilines is 1. The summed E-state index contributed by atoms with van der Waals surface area (Å²) in [6, 6.07) is 4.05. The smallest absolute Gasteiger partial charge is 0.264 e. The summed E-state index contributed by atoms with van der Waals surface area (Å²) in [5.74, 6) is -2.08. The van der Waals surface area contributed by atoms with Crippen LogP contribution in [0.3, 0.4) is 0 Å². The Morgan fingerprint density at radius 1 is 1.15 bits per heavy atom. The second-order valence-corrected chi connectivity index (χ2v) is 8.75. The van der Waals surface area contributed by atoms with E-state index in [9.17, 15) is 19.2 Å². The van der Waals surface area contributed by atoms with Crippen molar-refractivity contribution >= 4 is 29.3 Å². The number of carbonyl (C=O) groups is 4. The molecular formula is C22H25N7O4. The van der Waals surface area contributed by atoms with E-state index < -0.39 is 35.2 Å². The molecule has 1 unspecified atom stereocenters. The molecule has 3 aliphatic rings. The van der Waals surface area contributed by atoms with Crippen molar-refractivity contribution in [3.63, 3.8) is 0 Å². The van der Waals surface area contributed by atoms with Crippen LogP contribution in [0.1, 0.15) is 64.9 Å². The summed E-state index contributed by atoms with van der Waals surface area (Å²) in [4.78, 5) is 51.1. The third-order valence-corrected chi connectivity index (χ3v) is 6.46. The molecule has 4 N–H and O–H groups in total. The minimum atomic E-state index is -0.994. The molecule has 0 spiro atoms. The molecule has 4 amide bonds. The van der Waals surface area contributed by atoms with Gasteiger partial charge in [-0.15, -0.1) is 5.10 Å². The maximum Gasteiger partial charge on any atom is 0.264 e. The molecular weight excluding hydrogens is 426 g/mol. The van der Waals surface area contributed by atoms with Gasteiger partial charge < -0.3 is 11.1 Å². The van der Waals surface area contributed by atoms with Crippen molar-refractivity contribution in [1.82, 2.24) is 25.2 Å². The highest BCUT2D eigenvalue weighted by Gasteiger charge is 2.50. The van der Waals surface area contributed by atoms with Gasteiger partial charge in [0.15, 0.2) is 0 Å². The number of benzene rings is 1. The van der Waals surface area contributed by atoms with Gasteiger partial charge in [0.2, 0.25) is 11.8 Å². The maximum atomic E-state index is 13.3. The standard InChI is InChI=1S/C22H25N7O4/c23-10-1-2-11-28-12-16(26-27-28)22(8-9-22)25-14-5-3-4-13-18(14)21(33)29(20(13)32)15-6-7-17(30)24-19(15)31/h3-5,12,15,25H,1-2,6-11,23H2,(H,24,30,31). The minimum absolute atomic E-state index is 0.0823. The Bertz CT molecular complexity index is 1150. The first-order valence-electron chi connectivity index (χ1n) is 11.2. The molecule has 1 aromatic carbocycles. The average Bonchev–Trinajstić information content (AvgIpc) is 3.32. The normalized spacial score (nSPS) is 21.2. The van der Waals surface area contributed by atoms with Gasteiger partial charge in [-0.1, -0.05) is 11.3 Å². The predicted molar refractivity (Wildman–Crippen MR) is 116 cm³/mol. The molecule has 0 radical (unpaired) electrons. The van der Waals surface area contributed by atoms with Crippen molar-refractivity contribution in [1.29, 1.82) is 0 Å². The molecule has 172 valence electrons. The molecule has 1 saturated heterocycles. The molecule has 11 nitrogen and oxygen atoms in total. The largest absolute Gasteiger partial charge is 0.373 e. The van der Waals surface area contributed by atoms with Crippen molar-refractivity contribution < 1.29 is 19.2 Å². The van der Waals surface area contributed by atoms with Crippen LogP contribution in [0.15, 0.2) is 24.4 Å². The summed E-state index contributed by atoms with van der Waals surface area (Å²) < 4.78 is 1.79. The van der Waals surface area contributed by atoms with E-state index in [0.29, 0.717) is 12.2 Å². The zero-order valence-corrected chi connectivity index (χ0v) is 18.0. The number of carbonyl (C=O) groups excluding carboxylic acids is 4. The number of nitrogens with one attached hydrogen (secondary N) is 2. The van der Waals surface area contributed by atoms with E-state index in [4.69, 9.17) is 5.73 Å². The highest BCUT2D eigenvalue weighted by Crippen LogP contribution is 2.48. The van der Waals surface area contributed by atoms with Gasteiger partial charge >= 0.3 is 0 Å². The molecule has 11 heteroatoms. The maximum absolute atomic E-state index is 13.3. The number of fused-ring (bicyclic) bond motifs is 1. The number of aromatic nitrogens is 3. The molecule has 5 rings (SSSR count). The molecule has 1 atom stereocenters. The lowest BCUT2D eigenvalue weighted by Crippen LogP contribution is -2.54. The van der Waals surface area contributed by atoms with Gasteiger partial charge in [0, 0.05) is 18.7 Å². The van der Waals surface area contributed by atoms with Gasteiger partial charge in [-0.05, 0) is 50.8 Å². The summed E-state index contributed by atoms with van der Waals surface area (Å²) in [6.07, 6.45) is 5.57. The Morgan fingerprint density at radius 3 is 2.70 bits per heavy atom. The molecule has 1 aliphatic carbocycles. The second-order valence-electron chi connectivity index (χ2n) is 8.75. The van der Waals surface area contributed by atoms with Crippen molar-refractivity contribution in [2.24, 2.45) is 5.73 Å². The number of rotatable bonds is 8. The average molecular weight is 451 g/mol. The van der Waals surface area contributed by atoms with Crippen LogP contribution in [0.5, 0.6) is 0 Å². The molecule has 3 heterocycles. The molecule has 33 heavy (non-hydrogen) atoms. The van der Waals surface area contributed by atoms with Crippen LogP contribution in [-0.2, 0) is 21.7 Å². The van der Waals surface area contributed by atoms with Crippen molar-refractivity contribution in [3.05, 3.63) is 41.2 Å². The van der Waals surface area contributed by atoms with Gasteiger partial charge in [0.1, 0.15) is 11.7 Å². The fourth-order valence-corrected chi connectivity index (χ4v) is 4.49. The van der Waals surface area contributed by atoms with E-state index in [1.54, 1.807) is 22.9 Å². The summed E-state index contributed by atoms with van der Waals surface area (Å²) >= 11 is 0. The Balaban J connectivity index is 1.39. The van der Waals surface area contributed by atoms with Crippen LogP contribution in [0.4, 0.5) is 5.69 Å². The highest BCUT2D eigenvalue weighted by atomic mass is 16.2. The van der Waals surface area contributed by atoms with E-state index in [0.717, 1.165) is 42.8 Å². The Morgan fingerprint density at radius 2 is 1.97 bits per heavy atom. The SMILES string of the molecule is NCCCCn1cc(C2(Nc3cccc4c3C(=O)N(C3CCC(=O)NC3=O)C4=O)CC2)nn1. The van der Waals surface area contributed by atoms with Gasteiger partial charge in [-0.25, -0.2) is 0 Å². The van der Waals surface area contributed by atoms with Gasteiger partial charge in [-0.2, -0.15) is 0 Å². The molecule has 1 aromatic heterocycles. The van der Waals surface area contributed by atoms with E-state index in [2.05, 4.69) is 20.9 Å². The van der Waals surface area contributed by atoms with Crippen LogP contribution in [0.25, 0.3) is 0 Å². The van der Waals surface area contributed by atoms with Crippen LogP contribution in [0, 0.1) is 0 Å². The fourth-order valence-electron chi connectivity index (χ4n) is 4.49. The molecule has 2 aromatic rings. The Kier molecular flexibility index (Phi) is 5.20. The number of unbranched alkanes of at least 4 members (excludes halogenated alkanes) is 1. The van der Waals surface area contributed by atoms with E-state index in [1.165, 1.54) is 0 Å². The van der Waals surface area contributed by atoms with Crippen molar-refractivity contribution in [2.45, 2.75) is 56.7 Å². The number of hydrogen-bond donors (Lipinski definition) is 3. The number of amides is 4. The Labute approximate surface area is 189 Å². The number of hydrogen-bond acceptors (Lipinski definition) is 8. The van der Waals surface area contributed by atoms with E-state index in [1.807, 2.05) is 6.20 Å². The first-order valence-corrected chi connectivity index (χ1v) is 11.2. The quantitative estimate of drug-likeness (QED) is 0.388. The number of piperidine rings is 1. The van der Waals surface area contributed by atoms with Crippen LogP contribution in [0.2, 0.25) is 0 Å². The van der Waals surface area contributed by atoms with Crippen LogP contribution in [-0.4, -0.2) is 56.1 Å². The van der Waals surface area contributed by atoms with Gasteiger partial charge in [-0.3, -0.25) is 34.1 Å². The number of imide groups is 2. The first-order chi connectivity index (χ1) is 15.9. The number of nitrogens with two attached hydrogens (primary N) is 1. The summed E-state index contributed by atoms with van der Waals surface area (Å²) in [5.41, 5.74) is 6.90. The Hall–Kier alpha value is -3.60. The van der Waals surface area contributed by atoms with Crippen molar-refractivity contribution in [3.8, 4) is 0 Å². The molecule has 1 saturated carbocycles. The predicted octanol–water partition coefficient (Wildman–Crippen LogP) is 0.519. The lowest BCUT2D eigenvalue weighted by Gasteiger charge is -2.28.